The molecule has 1 fully saturated rings. The Morgan fingerprint density at radius 1 is 1.18 bits per heavy atom. The van der Waals surface area contributed by atoms with Crippen LogP contribution in [0.3, 0.4) is 0 Å². The molecule has 0 unspecified atom stereocenters. The van der Waals surface area contributed by atoms with Gasteiger partial charge in [-0.1, -0.05) is 31.9 Å². The molecule has 0 aliphatic carbocycles. The molecule has 0 radical (unpaired) electrons. The number of anilines is 2. The number of rotatable bonds is 8. The van der Waals surface area contributed by atoms with E-state index in [1.54, 1.807) is 29.2 Å². The topological polar surface area (TPSA) is 121 Å². The average molecular weight is 490 g/mol. The molecule has 1 aliphatic heterocycles. The zero-order chi connectivity index (χ0) is 24.8. The van der Waals surface area contributed by atoms with E-state index in [2.05, 4.69) is 4.98 Å². The van der Waals surface area contributed by atoms with Gasteiger partial charge in [-0.3, -0.25) is 23.9 Å². The van der Waals surface area contributed by atoms with Crippen LogP contribution in [0.2, 0.25) is 5.02 Å². The molecule has 0 bridgehead atoms. The van der Waals surface area contributed by atoms with Gasteiger partial charge in [-0.2, -0.15) is 0 Å². The smallest absolute Gasteiger partial charge is 0.330 e. The summed E-state index contributed by atoms with van der Waals surface area (Å²) < 4.78 is 1.29. The van der Waals surface area contributed by atoms with Crippen LogP contribution in [0.5, 0.6) is 0 Å². The lowest BCUT2D eigenvalue weighted by Crippen LogP contribution is -2.49. The molecule has 2 amide bonds. The van der Waals surface area contributed by atoms with Gasteiger partial charge in [0.05, 0.1) is 5.92 Å². The zero-order valence-electron chi connectivity index (χ0n) is 19.7. The molecule has 1 atom stereocenters. The third-order valence-corrected chi connectivity index (χ3v) is 6.33. The van der Waals surface area contributed by atoms with E-state index in [1.807, 2.05) is 13.8 Å². The van der Waals surface area contributed by atoms with Gasteiger partial charge in [0.25, 0.3) is 11.5 Å². The Bertz CT molecular complexity index is 1140. The molecule has 1 aliphatic rings. The summed E-state index contributed by atoms with van der Waals surface area (Å²) in [5.74, 6) is -0.916. The molecule has 1 aromatic heterocycles. The molecular weight excluding hydrogens is 458 g/mol. The van der Waals surface area contributed by atoms with Crippen LogP contribution in [0.15, 0.2) is 33.9 Å². The van der Waals surface area contributed by atoms with Crippen LogP contribution in [0.1, 0.15) is 56.3 Å². The van der Waals surface area contributed by atoms with E-state index in [4.69, 9.17) is 17.3 Å². The first-order valence-corrected chi connectivity index (χ1v) is 12.1. The lowest BCUT2D eigenvalue weighted by molar-refractivity contribution is -0.123. The third kappa shape index (κ3) is 5.52. The van der Waals surface area contributed by atoms with Crippen LogP contribution < -0.4 is 21.9 Å². The molecule has 0 spiro atoms. The van der Waals surface area contributed by atoms with E-state index in [-0.39, 0.29) is 29.9 Å². The number of hydrogen-bond acceptors (Lipinski definition) is 5. The minimum absolute atomic E-state index is 0.00708. The second kappa shape index (κ2) is 11.4. The van der Waals surface area contributed by atoms with E-state index >= 15 is 0 Å². The molecule has 9 nitrogen and oxygen atoms in total. The molecule has 2 aromatic rings. The summed E-state index contributed by atoms with van der Waals surface area (Å²) in [5.41, 5.74) is 5.50. The van der Waals surface area contributed by atoms with Crippen molar-refractivity contribution in [3.8, 4) is 0 Å². The summed E-state index contributed by atoms with van der Waals surface area (Å²) in [4.78, 5) is 57.1. The van der Waals surface area contributed by atoms with Crippen molar-refractivity contribution in [1.82, 2.24) is 14.5 Å². The van der Waals surface area contributed by atoms with Crippen molar-refractivity contribution in [2.75, 3.05) is 30.3 Å². The number of nitrogens with one attached hydrogen (secondary N) is 1. The van der Waals surface area contributed by atoms with Crippen molar-refractivity contribution in [1.29, 1.82) is 0 Å². The van der Waals surface area contributed by atoms with Crippen molar-refractivity contribution in [2.24, 2.45) is 5.92 Å². The summed E-state index contributed by atoms with van der Waals surface area (Å²) in [7, 11) is 0. The van der Waals surface area contributed by atoms with Crippen molar-refractivity contribution >= 4 is 34.9 Å². The van der Waals surface area contributed by atoms with Gasteiger partial charge in [-0.25, -0.2) is 4.79 Å². The van der Waals surface area contributed by atoms with Crippen LogP contribution in [0.25, 0.3) is 0 Å². The maximum absolute atomic E-state index is 13.7. The number of carbonyl (C=O) groups excluding carboxylic acids is 2. The molecular formula is C24H32ClN5O4. The van der Waals surface area contributed by atoms with Gasteiger partial charge in [0, 0.05) is 36.8 Å². The molecule has 0 saturated carbocycles. The number of nitrogens with zero attached hydrogens (tertiary/aromatic N) is 3. The maximum atomic E-state index is 13.7. The van der Waals surface area contributed by atoms with Gasteiger partial charge in [0.2, 0.25) is 5.91 Å². The molecule has 34 heavy (non-hydrogen) atoms. The number of unbranched alkanes of at least 4 members (excludes halogenated alkanes) is 1. The molecule has 10 heteroatoms. The summed E-state index contributed by atoms with van der Waals surface area (Å²) in [5, 5.41) is 0.544. The Morgan fingerprint density at radius 3 is 2.53 bits per heavy atom. The Labute approximate surface area is 203 Å². The van der Waals surface area contributed by atoms with E-state index < -0.39 is 17.2 Å². The van der Waals surface area contributed by atoms with Crippen molar-refractivity contribution < 1.29 is 9.59 Å². The first-order chi connectivity index (χ1) is 16.3. The van der Waals surface area contributed by atoms with E-state index in [9.17, 15) is 19.2 Å². The Balaban J connectivity index is 1.90. The second-order valence-electron chi connectivity index (χ2n) is 8.59. The summed E-state index contributed by atoms with van der Waals surface area (Å²) >= 11 is 5.93. The zero-order valence-corrected chi connectivity index (χ0v) is 20.4. The molecule has 1 aromatic carbocycles. The number of benzene rings is 1. The quantitative estimate of drug-likeness (QED) is 0.590. The maximum Gasteiger partial charge on any atom is 0.330 e. The van der Waals surface area contributed by atoms with Gasteiger partial charge in [-0.05, 0) is 49.9 Å². The van der Waals surface area contributed by atoms with Crippen LogP contribution in [0.4, 0.5) is 11.5 Å². The molecule has 3 N–H and O–H groups in total. The number of nitrogen functional groups attached to an aromatic ring is 1. The highest BCUT2D eigenvalue weighted by atomic mass is 35.5. The molecule has 1 saturated heterocycles. The largest absolute Gasteiger partial charge is 0.383 e. The summed E-state index contributed by atoms with van der Waals surface area (Å²) in [6.07, 6.45) is 3.37. The summed E-state index contributed by atoms with van der Waals surface area (Å²) in [6, 6.07) is 6.66. The Kier molecular flexibility index (Phi) is 8.55. The number of aromatic nitrogens is 2. The number of H-pyrrole nitrogens is 1. The van der Waals surface area contributed by atoms with Crippen LogP contribution in [-0.4, -0.2) is 45.9 Å². The number of halogens is 1. The normalized spacial score (nSPS) is 15.9. The first-order valence-electron chi connectivity index (χ1n) is 11.8. The van der Waals surface area contributed by atoms with Crippen LogP contribution in [0, 0.1) is 5.92 Å². The first kappa shape index (κ1) is 25.6. The minimum atomic E-state index is -0.677. The van der Waals surface area contributed by atoms with Crippen molar-refractivity contribution in [3.63, 3.8) is 0 Å². The number of amides is 2. The average Bonchev–Trinajstić information content (AvgIpc) is 2.83. The third-order valence-electron chi connectivity index (χ3n) is 6.08. The number of piperidine rings is 1. The fraction of sp³-hybridized carbons (Fsp3) is 0.500. The number of nitrogens with two attached hydrogens (primary N) is 1. The molecule has 2 heterocycles. The number of carbonyl (C=O) groups is 2. The van der Waals surface area contributed by atoms with Gasteiger partial charge >= 0.3 is 5.69 Å². The highest BCUT2D eigenvalue weighted by Gasteiger charge is 2.34. The monoisotopic (exact) mass is 489 g/mol. The summed E-state index contributed by atoms with van der Waals surface area (Å²) in [6.45, 7) is 5.30. The lowest BCUT2D eigenvalue weighted by atomic mass is 9.95. The highest BCUT2D eigenvalue weighted by molar-refractivity contribution is 6.30. The molecule has 184 valence electrons. The predicted molar refractivity (Wildman–Crippen MR) is 133 cm³/mol. The SMILES string of the molecule is CCCCN(C(=O)[C@@H]1CCCN(C(=O)c2ccc(Cl)cc2)C1)c1c(N)n(CCC)c(=O)[nH]c1=O. The standard InChI is InChI=1S/C24H32ClN5O4/c1-3-5-14-29(19-20(26)30(12-4-2)24(34)27-21(19)31)23(33)17-7-6-13-28(15-17)22(32)16-8-10-18(25)11-9-16/h8-11,17H,3-7,12-15,26H2,1-2H3,(H,27,31,34)/t17-/m1/s1. The predicted octanol–water partition coefficient (Wildman–Crippen LogP) is 2.87. The van der Waals surface area contributed by atoms with Gasteiger partial charge < -0.3 is 15.5 Å². The van der Waals surface area contributed by atoms with Crippen molar-refractivity contribution in [2.45, 2.75) is 52.5 Å². The molecule has 3 rings (SSSR count). The van der Waals surface area contributed by atoms with E-state index in [1.165, 1.54) is 9.47 Å². The van der Waals surface area contributed by atoms with Gasteiger partial charge in [0.1, 0.15) is 5.82 Å². The fourth-order valence-electron chi connectivity index (χ4n) is 4.29. The Morgan fingerprint density at radius 2 is 1.88 bits per heavy atom. The number of aromatic amines is 1. The second-order valence-corrected chi connectivity index (χ2v) is 9.02. The number of hydrogen-bond donors (Lipinski definition) is 2. The van der Waals surface area contributed by atoms with Crippen molar-refractivity contribution in [3.05, 3.63) is 55.7 Å². The highest BCUT2D eigenvalue weighted by Crippen LogP contribution is 2.25. The number of likely N-dealkylation sites (tertiary alicyclic amines) is 1. The van der Waals surface area contributed by atoms with Gasteiger partial charge in [-0.15, -0.1) is 0 Å². The van der Waals surface area contributed by atoms with Crippen LogP contribution in [-0.2, 0) is 11.3 Å². The van der Waals surface area contributed by atoms with Gasteiger partial charge in [0.15, 0.2) is 5.69 Å². The van der Waals surface area contributed by atoms with E-state index in [0.717, 1.165) is 6.42 Å². The van der Waals surface area contributed by atoms with E-state index in [0.29, 0.717) is 55.9 Å². The minimum Gasteiger partial charge on any atom is -0.383 e. The lowest BCUT2D eigenvalue weighted by Gasteiger charge is -2.35. The fourth-order valence-corrected chi connectivity index (χ4v) is 4.42. The van der Waals surface area contributed by atoms with Crippen LogP contribution >= 0.6 is 11.6 Å². The Hall–Kier alpha value is -3.07.